The lowest BCUT2D eigenvalue weighted by Gasteiger charge is -1.76. The monoisotopic (exact) mass is 114 g/mol. The lowest BCUT2D eigenvalue weighted by Crippen LogP contribution is -1.53. The van der Waals surface area contributed by atoms with Gasteiger partial charge in [-0.3, -0.25) is 0 Å². The van der Waals surface area contributed by atoms with Gasteiger partial charge in [-0.05, 0) is 6.08 Å². The van der Waals surface area contributed by atoms with Crippen molar-refractivity contribution in [3.05, 3.63) is 36.4 Å². The highest BCUT2D eigenvalue weighted by atomic mass is 35.5. The van der Waals surface area contributed by atoms with E-state index in [-0.39, 0.29) is 0 Å². The minimum Gasteiger partial charge on any atom is -0.0990 e. The molecule has 1 heteroatoms. The minimum absolute atomic E-state index is 0.620. The molecular weight excluding hydrogens is 108 g/mol. The maximum absolute atomic E-state index is 5.44. The molecule has 0 aliphatic rings. The van der Waals surface area contributed by atoms with Crippen molar-refractivity contribution < 1.29 is 0 Å². The Hall–Kier alpha value is -0.490. The molecule has 0 spiro atoms. The average Bonchev–Trinajstić information content (AvgIpc) is 1.68. The molecule has 0 aliphatic heterocycles. The van der Waals surface area contributed by atoms with Gasteiger partial charge in [-0.2, -0.15) is 0 Å². The predicted molar refractivity (Wildman–Crippen MR) is 34.3 cm³/mol. The molecule has 38 valence electrons. The van der Waals surface area contributed by atoms with Crippen molar-refractivity contribution in [3.63, 3.8) is 0 Å². The summed E-state index contributed by atoms with van der Waals surface area (Å²) in [6.45, 7) is 6.87. The molecule has 0 unspecified atom stereocenters. The topological polar surface area (TPSA) is 0 Å². The molecule has 0 N–H and O–H groups in total. The second kappa shape index (κ2) is 3.69. The van der Waals surface area contributed by atoms with Gasteiger partial charge in [0.2, 0.25) is 0 Å². The van der Waals surface area contributed by atoms with Gasteiger partial charge in [-0.1, -0.05) is 36.9 Å². The van der Waals surface area contributed by atoms with Gasteiger partial charge >= 0.3 is 0 Å². The van der Waals surface area contributed by atoms with Crippen molar-refractivity contribution in [2.24, 2.45) is 0 Å². The van der Waals surface area contributed by atoms with Gasteiger partial charge in [0, 0.05) is 5.03 Å². The SMILES string of the molecule is C=C/C=C(/Cl)C=C. The van der Waals surface area contributed by atoms with E-state index in [4.69, 9.17) is 11.6 Å². The van der Waals surface area contributed by atoms with Crippen LogP contribution >= 0.6 is 11.6 Å². The second-order valence-corrected chi connectivity index (χ2v) is 1.43. The van der Waals surface area contributed by atoms with Gasteiger partial charge < -0.3 is 0 Å². The molecule has 0 fully saturated rings. The van der Waals surface area contributed by atoms with Crippen LogP contribution in [0.5, 0.6) is 0 Å². The quantitative estimate of drug-likeness (QED) is 0.484. The van der Waals surface area contributed by atoms with Crippen molar-refractivity contribution >= 4 is 11.6 Å². The largest absolute Gasteiger partial charge is 0.0990 e. The van der Waals surface area contributed by atoms with Crippen LogP contribution in [-0.4, -0.2) is 0 Å². The summed E-state index contributed by atoms with van der Waals surface area (Å²) in [6.07, 6.45) is 4.85. The van der Waals surface area contributed by atoms with Crippen LogP contribution in [0.3, 0.4) is 0 Å². The zero-order valence-electron chi connectivity index (χ0n) is 4.02. The summed E-state index contributed by atoms with van der Waals surface area (Å²) in [6, 6.07) is 0. The summed E-state index contributed by atoms with van der Waals surface area (Å²) in [4.78, 5) is 0. The molecule has 0 saturated carbocycles. The van der Waals surface area contributed by atoms with Crippen molar-refractivity contribution in [3.8, 4) is 0 Å². The highest BCUT2D eigenvalue weighted by Gasteiger charge is 1.72. The molecule has 0 heterocycles. The van der Waals surface area contributed by atoms with Gasteiger partial charge in [-0.25, -0.2) is 0 Å². The van der Waals surface area contributed by atoms with E-state index in [0.29, 0.717) is 5.03 Å². The molecule has 0 radical (unpaired) electrons. The van der Waals surface area contributed by atoms with Gasteiger partial charge in [0.15, 0.2) is 0 Å². The van der Waals surface area contributed by atoms with E-state index in [0.717, 1.165) is 0 Å². The molecule has 0 nitrogen and oxygen atoms in total. The van der Waals surface area contributed by atoms with Gasteiger partial charge in [0.25, 0.3) is 0 Å². The fourth-order valence-corrected chi connectivity index (χ4v) is 0.270. The maximum atomic E-state index is 5.44. The Morgan fingerprint density at radius 1 is 1.43 bits per heavy atom. The first kappa shape index (κ1) is 6.51. The number of hydrogen-bond donors (Lipinski definition) is 0. The summed E-state index contributed by atoms with van der Waals surface area (Å²) < 4.78 is 0. The molecule has 7 heavy (non-hydrogen) atoms. The Balaban J connectivity index is 3.72. The standard InChI is InChI=1S/C6H7Cl/c1-3-5-6(7)4-2/h3-5H,1-2H2/b6-5+. The maximum Gasteiger partial charge on any atom is 0.0399 e. The molecule has 0 saturated heterocycles. The molecule has 0 aromatic rings. The summed E-state index contributed by atoms with van der Waals surface area (Å²) in [5, 5.41) is 0.620. The van der Waals surface area contributed by atoms with Crippen LogP contribution in [0.15, 0.2) is 36.4 Å². The normalized spacial score (nSPS) is 10.7. The number of hydrogen-bond acceptors (Lipinski definition) is 0. The van der Waals surface area contributed by atoms with Crippen molar-refractivity contribution in [2.45, 2.75) is 0 Å². The van der Waals surface area contributed by atoms with E-state index in [1.54, 1.807) is 18.2 Å². The molecule has 0 aromatic heterocycles. The first-order valence-corrected chi connectivity index (χ1v) is 2.29. The highest BCUT2D eigenvalue weighted by molar-refractivity contribution is 6.31. The molecule has 0 rings (SSSR count). The summed E-state index contributed by atoms with van der Waals surface area (Å²) in [5.74, 6) is 0. The van der Waals surface area contributed by atoms with Crippen molar-refractivity contribution in [1.82, 2.24) is 0 Å². The van der Waals surface area contributed by atoms with Gasteiger partial charge in [0.1, 0.15) is 0 Å². The molecule has 0 bridgehead atoms. The van der Waals surface area contributed by atoms with Crippen LogP contribution in [0.4, 0.5) is 0 Å². The zero-order valence-corrected chi connectivity index (χ0v) is 4.78. The second-order valence-electron chi connectivity index (χ2n) is 0.991. The van der Waals surface area contributed by atoms with Crippen LogP contribution in [0.2, 0.25) is 0 Å². The van der Waals surface area contributed by atoms with Crippen LogP contribution in [0.25, 0.3) is 0 Å². The van der Waals surface area contributed by atoms with Crippen LogP contribution in [0.1, 0.15) is 0 Å². The van der Waals surface area contributed by atoms with E-state index in [1.807, 2.05) is 0 Å². The third-order valence-electron chi connectivity index (χ3n) is 0.472. The average molecular weight is 115 g/mol. The Bertz CT molecular complexity index is 101. The zero-order chi connectivity index (χ0) is 5.70. The Morgan fingerprint density at radius 2 is 2.00 bits per heavy atom. The van der Waals surface area contributed by atoms with E-state index >= 15 is 0 Å². The Kier molecular flexibility index (Phi) is 3.43. The fraction of sp³-hybridized carbons (Fsp3) is 0. The Morgan fingerprint density at radius 3 is 2.14 bits per heavy atom. The molecular formula is C6H7Cl. The van der Waals surface area contributed by atoms with Crippen LogP contribution < -0.4 is 0 Å². The summed E-state index contributed by atoms with van der Waals surface area (Å²) in [5.41, 5.74) is 0. The summed E-state index contributed by atoms with van der Waals surface area (Å²) in [7, 11) is 0. The fourth-order valence-electron chi connectivity index (χ4n) is 0.181. The van der Waals surface area contributed by atoms with Crippen LogP contribution in [-0.2, 0) is 0 Å². The van der Waals surface area contributed by atoms with E-state index in [2.05, 4.69) is 13.2 Å². The van der Waals surface area contributed by atoms with Gasteiger partial charge in [-0.15, -0.1) is 0 Å². The smallest absolute Gasteiger partial charge is 0.0399 e. The summed E-state index contributed by atoms with van der Waals surface area (Å²) >= 11 is 5.44. The third kappa shape index (κ3) is 3.34. The first-order chi connectivity index (χ1) is 3.31. The van der Waals surface area contributed by atoms with Crippen molar-refractivity contribution in [2.75, 3.05) is 0 Å². The minimum atomic E-state index is 0.620. The molecule has 0 amide bonds. The lowest BCUT2D eigenvalue weighted by molar-refractivity contribution is 1.90. The van der Waals surface area contributed by atoms with Crippen molar-refractivity contribution in [1.29, 1.82) is 0 Å². The number of rotatable bonds is 2. The van der Waals surface area contributed by atoms with Gasteiger partial charge in [0.05, 0.1) is 0 Å². The highest BCUT2D eigenvalue weighted by Crippen LogP contribution is 1.99. The first-order valence-electron chi connectivity index (χ1n) is 1.92. The molecule has 0 atom stereocenters. The molecule has 0 aromatic carbocycles. The molecule has 0 aliphatic carbocycles. The van der Waals surface area contributed by atoms with E-state index in [9.17, 15) is 0 Å². The Labute approximate surface area is 48.8 Å². The number of allylic oxidation sites excluding steroid dienone is 4. The lowest BCUT2D eigenvalue weighted by atomic mass is 10.5. The third-order valence-corrected chi connectivity index (χ3v) is 0.752. The predicted octanol–water partition coefficient (Wildman–Crippen LogP) is 2.48. The number of halogens is 1. The van der Waals surface area contributed by atoms with E-state index < -0.39 is 0 Å². The van der Waals surface area contributed by atoms with Crippen LogP contribution in [0, 0.1) is 0 Å². The van der Waals surface area contributed by atoms with E-state index in [1.165, 1.54) is 0 Å².